The van der Waals surface area contributed by atoms with E-state index >= 15 is 0 Å². The molecule has 0 spiro atoms. The van der Waals surface area contributed by atoms with E-state index in [1.165, 1.54) is 0 Å². The molecule has 1 amide bonds. The Morgan fingerprint density at radius 3 is 2.19 bits per heavy atom. The number of carbonyl (C=O) groups is 1. The quantitative estimate of drug-likeness (QED) is 0.706. The molecule has 2 rings (SSSR count). The Labute approximate surface area is 96.5 Å². The number of nitrogens with zero attached hydrogens (tertiary/aromatic N) is 2. The predicted octanol–water partition coefficient (Wildman–Crippen LogP) is 0.0328. The number of sulfonamides is 1. The molecule has 1 aliphatic carbocycles. The second-order valence-electron chi connectivity index (χ2n) is 4.38. The maximum Gasteiger partial charge on any atom is 0.222 e. The van der Waals surface area contributed by atoms with Gasteiger partial charge >= 0.3 is 0 Å². The standard InChI is InChI=1S/C10H18N2O3S/c1-2-10(13)11-5-7-12(8-6-11)16(14,15)9-3-4-9/h9H,2-8H2,1H3. The first-order valence-electron chi connectivity index (χ1n) is 5.82. The average molecular weight is 246 g/mol. The van der Waals surface area contributed by atoms with Gasteiger partial charge < -0.3 is 4.90 Å². The Morgan fingerprint density at radius 2 is 1.75 bits per heavy atom. The first kappa shape index (κ1) is 11.9. The monoisotopic (exact) mass is 246 g/mol. The first-order chi connectivity index (χ1) is 7.55. The van der Waals surface area contributed by atoms with E-state index in [4.69, 9.17) is 0 Å². The van der Waals surface area contributed by atoms with Gasteiger partial charge in [0.25, 0.3) is 0 Å². The molecule has 6 heteroatoms. The molecule has 2 aliphatic rings. The Hall–Kier alpha value is -0.620. The van der Waals surface area contributed by atoms with Gasteiger partial charge in [-0.3, -0.25) is 4.79 Å². The minimum Gasteiger partial charge on any atom is -0.340 e. The van der Waals surface area contributed by atoms with Crippen molar-refractivity contribution in [1.82, 2.24) is 9.21 Å². The summed E-state index contributed by atoms with van der Waals surface area (Å²) >= 11 is 0. The molecule has 5 nitrogen and oxygen atoms in total. The lowest BCUT2D eigenvalue weighted by molar-refractivity contribution is -0.132. The summed E-state index contributed by atoms with van der Waals surface area (Å²) in [5, 5.41) is -0.138. The molecule has 1 heterocycles. The van der Waals surface area contributed by atoms with Crippen LogP contribution >= 0.6 is 0 Å². The summed E-state index contributed by atoms with van der Waals surface area (Å²) in [4.78, 5) is 13.2. The Kier molecular flexibility index (Phi) is 3.21. The predicted molar refractivity (Wildman–Crippen MR) is 60.4 cm³/mol. The number of piperazine rings is 1. The van der Waals surface area contributed by atoms with Gasteiger partial charge in [-0.05, 0) is 12.8 Å². The maximum absolute atomic E-state index is 11.9. The summed E-state index contributed by atoms with van der Waals surface area (Å²) in [6.45, 7) is 3.84. The van der Waals surface area contributed by atoms with Gasteiger partial charge in [0.2, 0.25) is 15.9 Å². The Morgan fingerprint density at radius 1 is 1.19 bits per heavy atom. The van der Waals surface area contributed by atoms with Gasteiger partial charge in [-0.15, -0.1) is 0 Å². The molecule has 1 saturated heterocycles. The second-order valence-corrected chi connectivity index (χ2v) is 6.59. The van der Waals surface area contributed by atoms with Crippen LogP contribution in [0, 0.1) is 0 Å². The van der Waals surface area contributed by atoms with E-state index in [1.54, 1.807) is 9.21 Å². The van der Waals surface area contributed by atoms with Crippen molar-refractivity contribution in [2.75, 3.05) is 26.2 Å². The molecule has 0 bridgehead atoms. The maximum atomic E-state index is 11.9. The van der Waals surface area contributed by atoms with Crippen molar-refractivity contribution >= 4 is 15.9 Å². The number of carbonyl (C=O) groups excluding carboxylic acids is 1. The molecular formula is C10H18N2O3S. The van der Waals surface area contributed by atoms with Crippen LogP contribution in [0.25, 0.3) is 0 Å². The van der Waals surface area contributed by atoms with Crippen LogP contribution in [0.4, 0.5) is 0 Å². The molecule has 0 aromatic heterocycles. The van der Waals surface area contributed by atoms with Crippen LogP contribution in [-0.2, 0) is 14.8 Å². The average Bonchev–Trinajstić information content (AvgIpc) is 3.12. The van der Waals surface area contributed by atoms with E-state index in [1.807, 2.05) is 6.92 Å². The molecule has 0 radical (unpaired) electrons. The van der Waals surface area contributed by atoms with Gasteiger partial charge in [-0.1, -0.05) is 6.92 Å². The summed E-state index contributed by atoms with van der Waals surface area (Å²) < 4.78 is 25.4. The van der Waals surface area contributed by atoms with Crippen molar-refractivity contribution in [3.05, 3.63) is 0 Å². The summed E-state index contributed by atoms with van der Waals surface area (Å²) in [6, 6.07) is 0. The minimum atomic E-state index is -3.05. The lowest BCUT2D eigenvalue weighted by atomic mass is 10.3. The van der Waals surface area contributed by atoms with E-state index in [2.05, 4.69) is 0 Å². The van der Waals surface area contributed by atoms with Crippen LogP contribution in [0.1, 0.15) is 26.2 Å². The van der Waals surface area contributed by atoms with Gasteiger partial charge in [0.05, 0.1) is 5.25 Å². The molecule has 1 saturated carbocycles. The molecule has 0 unspecified atom stereocenters. The molecule has 0 atom stereocenters. The van der Waals surface area contributed by atoms with E-state index in [9.17, 15) is 13.2 Å². The fraction of sp³-hybridized carbons (Fsp3) is 0.900. The Balaban J connectivity index is 1.92. The van der Waals surface area contributed by atoms with E-state index < -0.39 is 10.0 Å². The smallest absolute Gasteiger partial charge is 0.222 e. The third-order valence-electron chi connectivity index (χ3n) is 3.20. The summed E-state index contributed by atoms with van der Waals surface area (Å²) in [5.74, 6) is 0.114. The third-order valence-corrected chi connectivity index (χ3v) is 5.60. The highest BCUT2D eigenvalue weighted by molar-refractivity contribution is 7.90. The van der Waals surface area contributed by atoms with Crippen molar-refractivity contribution in [2.24, 2.45) is 0 Å². The fourth-order valence-electron chi connectivity index (χ4n) is 1.99. The summed E-state index contributed by atoms with van der Waals surface area (Å²) in [6.07, 6.45) is 2.10. The third kappa shape index (κ3) is 2.22. The summed E-state index contributed by atoms with van der Waals surface area (Å²) in [7, 11) is -3.05. The molecule has 92 valence electrons. The molecule has 0 N–H and O–H groups in total. The highest BCUT2D eigenvalue weighted by Crippen LogP contribution is 2.31. The zero-order valence-electron chi connectivity index (χ0n) is 9.55. The van der Waals surface area contributed by atoms with Crippen molar-refractivity contribution in [1.29, 1.82) is 0 Å². The van der Waals surface area contributed by atoms with Crippen LogP contribution in [-0.4, -0.2) is 55.0 Å². The SMILES string of the molecule is CCC(=O)N1CCN(S(=O)(=O)C2CC2)CC1. The van der Waals surface area contributed by atoms with Crippen LogP contribution in [0.5, 0.6) is 0 Å². The topological polar surface area (TPSA) is 57.7 Å². The Bertz CT molecular complexity index is 368. The van der Waals surface area contributed by atoms with Crippen LogP contribution in [0.15, 0.2) is 0 Å². The van der Waals surface area contributed by atoms with Crippen LogP contribution in [0.3, 0.4) is 0 Å². The van der Waals surface area contributed by atoms with E-state index in [-0.39, 0.29) is 11.2 Å². The molecule has 2 fully saturated rings. The molecule has 1 aliphatic heterocycles. The highest BCUT2D eigenvalue weighted by atomic mass is 32.2. The minimum absolute atomic E-state index is 0.114. The lowest BCUT2D eigenvalue weighted by Gasteiger charge is -2.33. The normalized spacial score (nSPS) is 23.4. The summed E-state index contributed by atoms with van der Waals surface area (Å²) in [5.41, 5.74) is 0. The van der Waals surface area contributed by atoms with E-state index in [0.717, 1.165) is 12.8 Å². The van der Waals surface area contributed by atoms with Gasteiger partial charge in [-0.2, -0.15) is 4.31 Å². The lowest BCUT2D eigenvalue weighted by Crippen LogP contribution is -2.51. The molecule has 16 heavy (non-hydrogen) atoms. The zero-order chi connectivity index (χ0) is 11.8. The zero-order valence-corrected chi connectivity index (χ0v) is 10.4. The van der Waals surface area contributed by atoms with Gasteiger partial charge in [0.1, 0.15) is 0 Å². The highest BCUT2D eigenvalue weighted by Gasteiger charge is 2.41. The molecule has 0 aromatic rings. The van der Waals surface area contributed by atoms with Crippen LogP contribution < -0.4 is 0 Å². The van der Waals surface area contributed by atoms with Crippen molar-refractivity contribution in [2.45, 2.75) is 31.4 Å². The number of hydrogen-bond acceptors (Lipinski definition) is 3. The second kappa shape index (κ2) is 4.33. The number of rotatable bonds is 3. The molecule has 0 aromatic carbocycles. The van der Waals surface area contributed by atoms with Crippen molar-refractivity contribution < 1.29 is 13.2 Å². The van der Waals surface area contributed by atoms with Gasteiger partial charge in [0, 0.05) is 32.6 Å². The van der Waals surface area contributed by atoms with E-state index in [0.29, 0.717) is 32.6 Å². The first-order valence-corrected chi connectivity index (χ1v) is 7.32. The van der Waals surface area contributed by atoms with Gasteiger partial charge in [0.15, 0.2) is 0 Å². The van der Waals surface area contributed by atoms with Gasteiger partial charge in [-0.25, -0.2) is 8.42 Å². The van der Waals surface area contributed by atoms with Crippen molar-refractivity contribution in [3.63, 3.8) is 0 Å². The molecular weight excluding hydrogens is 228 g/mol. The largest absolute Gasteiger partial charge is 0.340 e. The van der Waals surface area contributed by atoms with Crippen LogP contribution in [0.2, 0.25) is 0 Å². The fourth-order valence-corrected chi connectivity index (χ4v) is 3.82. The van der Waals surface area contributed by atoms with Crippen molar-refractivity contribution in [3.8, 4) is 0 Å². The number of amides is 1. The number of hydrogen-bond donors (Lipinski definition) is 0.